The number of piperazine rings is 1. The standard InChI is InChI=1S/C17H32N6OS/c1-7-14-20-16(25-21-14)23-10-8-22(9-11-23)15(18-5)19-12-13(24-6)17(2,3)4/h13H,7-12H2,1-6H3,(H,18,19). The number of aliphatic imine (C=N–C) groups is 1. The third-order valence-corrected chi connectivity index (χ3v) is 5.35. The molecule has 1 aromatic rings. The van der Waals surface area contributed by atoms with Crippen LogP contribution in [0.1, 0.15) is 33.5 Å². The Morgan fingerprint density at radius 1 is 1.32 bits per heavy atom. The summed E-state index contributed by atoms with van der Waals surface area (Å²) < 4.78 is 10.0. The second-order valence-corrected chi connectivity index (χ2v) is 8.07. The number of aromatic nitrogens is 2. The van der Waals surface area contributed by atoms with E-state index in [1.165, 1.54) is 11.5 Å². The Kier molecular flexibility index (Phi) is 7.01. The number of guanidine groups is 1. The molecule has 2 heterocycles. The van der Waals surface area contributed by atoms with E-state index < -0.39 is 0 Å². The lowest BCUT2D eigenvalue weighted by atomic mass is 9.89. The maximum Gasteiger partial charge on any atom is 0.205 e. The third kappa shape index (κ3) is 5.28. The quantitative estimate of drug-likeness (QED) is 0.632. The van der Waals surface area contributed by atoms with Gasteiger partial charge in [0.2, 0.25) is 5.13 Å². The highest BCUT2D eigenvalue weighted by atomic mass is 32.1. The van der Waals surface area contributed by atoms with Crippen molar-refractivity contribution in [3.8, 4) is 0 Å². The van der Waals surface area contributed by atoms with Crippen molar-refractivity contribution in [2.24, 2.45) is 10.4 Å². The molecule has 0 spiro atoms. The van der Waals surface area contributed by atoms with Crippen LogP contribution < -0.4 is 10.2 Å². The predicted molar refractivity (Wildman–Crippen MR) is 105 cm³/mol. The first-order valence-electron chi connectivity index (χ1n) is 8.95. The van der Waals surface area contributed by atoms with Crippen molar-refractivity contribution in [2.75, 3.05) is 51.8 Å². The highest BCUT2D eigenvalue weighted by Crippen LogP contribution is 2.21. The first-order valence-corrected chi connectivity index (χ1v) is 9.72. The van der Waals surface area contributed by atoms with Gasteiger partial charge in [-0.05, 0) is 5.41 Å². The van der Waals surface area contributed by atoms with E-state index in [0.29, 0.717) is 0 Å². The Balaban J connectivity index is 1.87. The molecule has 2 rings (SSSR count). The van der Waals surface area contributed by atoms with Gasteiger partial charge in [0.1, 0.15) is 5.82 Å². The van der Waals surface area contributed by atoms with Gasteiger partial charge >= 0.3 is 0 Å². The fourth-order valence-electron chi connectivity index (χ4n) is 2.89. The Bertz CT molecular complexity index is 560. The van der Waals surface area contributed by atoms with Gasteiger partial charge in [0.25, 0.3) is 0 Å². The van der Waals surface area contributed by atoms with Crippen molar-refractivity contribution in [3.63, 3.8) is 0 Å². The molecular weight excluding hydrogens is 336 g/mol. The molecule has 0 aromatic carbocycles. The van der Waals surface area contributed by atoms with Crippen LogP contribution in [0.5, 0.6) is 0 Å². The number of aryl methyl sites for hydroxylation is 1. The van der Waals surface area contributed by atoms with Gasteiger partial charge in [0.05, 0.1) is 6.10 Å². The molecule has 0 bridgehead atoms. The van der Waals surface area contributed by atoms with Crippen LogP contribution in [0.15, 0.2) is 4.99 Å². The van der Waals surface area contributed by atoms with Gasteiger partial charge in [-0.25, -0.2) is 4.98 Å². The summed E-state index contributed by atoms with van der Waals surface area (Å²) in [6, 6.07) is 0. The number of rotatable bonds is 5. The minimum absolute atomic E-state index is 0.0914. The molecule has 0 amide bonds. The number of nitrogens with zero attached hydrogens (tertiary/aromatic N) is 5. The van der Waals surface area contributed by atoms with Crippen LogP contribution in [-0.2, 0) is 11.2 Å². The monoisotopic (exact) mass is 368 g/mol. The zero-order valence-electron chi connectivity index (χ0n) is 16.4. The Labute approximate surface area is 155 Å². The molecule has 0 aliphatic carbocycles. The van der Waals surface area contributed by atoms with Gasteiger partial charge in [-0.15, -0.1) is 0 Å². The first-order chi connectivity index (χ1) is 11.9. The number of nitrogens with one attached hydrogen (secondary N) is 1. The molecule has 1 fully saturated rings. The molecule has 1 atom stereocenters. The lowest BCUT2D eigenvalue weighted by molar-refractivity contribution is 0.0201. The van der Waals surface area contributed by atoms with Crippen LogP contribution in [0.4, 0.5) is 5.13 Å². The number of hydrogen-bond donors (Lipinski definition) is 1. The second-order valence-electron chi connectivity index (χ2n) is 7.34. The van der Waals surface area contributed by atoms with Crippen LogP contribution in [0.2, 0.25) is 0 Å². The lowest BCUT2D eigenvalue weighted by Crippen LogP contribution is -2.54. The Morgan fingerprint density at radius 2 is 2.00 bits per heavy atom. The maximum absolute atomic E-state index is 5.63. The fraction of sp³-hybridized carbons (Fsp3) is 0.824. The molecule has 1 aliphatic rings. The van der Waals surface area contributed by atoms with E-state index in [1.54, 1.807) is 7.11 Å². The molecule has 0 saturated carbocycles. The lowest BCUT2D eigenvalue weighted by Gasteiger charge is -2.37. The zero-order chi connectivity index (χ0) is 18.4. The van der Waals surface area contributed by atoms with E-state index >= 15 is 0 Å². The van der Waals surface area contributed by atoms with Crippen molar-refractivity contribution in [1.82, 2.24) is 19.6 Å². The third-order valence-electron chi connectivity index (χ3n) is 4.53. The highest BCUT2D eigenvalue weighted by molar-refractivity contribution is 7.09. The number of anilines is 1. The van der Waals surface area contributed by atoms with Crippen LogP contribution in [0.3, 0.4) is 0 Å². The van der Waals surface area contributed by atoms with Crippen LogP contribution in [0.25, 0.3) is 0 Å². The molecule has 1 aliphatic heterocycles. The van der Waals surface area contributed by atoms with Gasteiger partial charge in [0.15, 0.2) is 5.96 Å². The molecular formula is C17H32N6OS. The SMILES string of the molecule is CCc1nsc(N2CCN(C(=NC)NCC(OC)C(C)(C)C)CC2)n1. The average molecular weight is 369 g/mol. The summed E-state index contributed by atoms with van der Waals surface area (Å²) in [5.74, 6) is 1.88. The van der Waals surface area contributed by atoms with Gasteiger partial charge in [-0.1, -0.05) is 27.7 Å². The Hall–Kier alpha value is -1.41. The van der Waals surface area contributed by atoms with Gasteiger partial charge in [0, 0.05) is 64.8 Å². The number of hydrogen-bond acceptors (Lipinski definition) is 6. The smallest absolute Gasteiger partial charge is 0.205 e. The van der Waals surface area contributed by atoms with E-state index in [1.807, 2.05) is 7.05 Å². The topological polar surface area (TPSA) is 65.9 Å². The molecule has 0 radical (unpaired) electrons. The van der Waals surface area contributed by atoms with Crippen LogP contribution in [0, 0.1) is 5.41 Å². The fourth-order valence-corrected chi connectivity index (χ4v) is 3.69. The molecule has 1 N–H and O–H groups in total. The average Bonchev–Trinajstić information content (AvgIpc) is 3.07. The molecule has 1 aromatic heterocycles. The zero-order valence-corrected chi connectivity index (χ0v) is 17.2. The van der Waals surface area contributed by atoms with E-state index in [9.17, 15) is 0 Å². The predicted octanol–water partition coefficient (Wildman–Crippen LogP) is 1.86. The largest absolute Gasteiger partial charge is 0.379 e. The van der Waals surface area contributed by atoms with Crippen molar-refractivity contribution < 1.29 is 4.74 Å². The summed E-state index contributed by atoms with van der Waals surface area (Å²) in [4.78, 5) is 13.7. The van der Waals surface area contributed by atoms with E-state index in [-0.39, 0.29) is 11.5 Å². The number of ether oxygens (including phenoxy) is 1. The van der Waals surface area contributed by atoms with Gasteiger partial charge < -0.3 is 19.9 Å². The normalized spacial score (nSPS) is 17.8. The van der Waals surface area contributed by atoms with Gasteiger partial charge in [-0.2, -0.15) is 4.37 Å². The van der Waals surface area contributed by atoms with Crippen molar-refractivity contribution in [3.05, 3.63) is 5.82 Å². The minimum Gasteiger partial charge on any atom is -0.379 e. The van der Waals surface area contributed by atoms with E-state index in [4.69, 9.17) is 4.74 Å². The van der Waals surface area contributed by atoms with Crippen LogP contribution in [-0.4, -0.2) is 73.2 Å². The molecule has 8 heteroatoms. The molecule has 25 heavy (non-hydrogen) atoms. The molecule has 1 unspecified atom stereocenters. The maximum atomic E-state index is 5.63. The second kappa shape index (κ2) is 8.80. The highest BCUT2D eigenvalue weighted by Gasteiger charge is 2.26. The van der Waals surface area contributed by atoms with Crippen molar-refractivity contribution in [1.29, 1.82) is 0 Å². The minimum atomic E-state index is 0.0914. The number of methoxy groups -OCH3 is 1. The summed E-state index contributed by atoms with van der Waals surface area (Å²) in [6.45, 7) is 13.1. The van der Waals surface area contributed by atoms with Crippen molar-refractivity contribution >= 4 is 22.6 Å². The summed E-state index contributed by atoms with van der Waals surface area (Å²) in [5.41, 5.74) is 0.0914. The molecule has 1 saturated heterocycles. The summed E-state index contributed by atoms with van der Waals surface area (Å²) >= 11 is 1.50. The summed E-state index contributed by atoms with van der Waals surface area (Å²) in [5, 5.41) is 4.51. The van der Waals surface area contributed by atoms with E-state index in [0.717, 1.165) is 56.1 Å². The summed E-state index contributed by atoms with van der Waals surface area (Å²) in [7, 11) is 3.61. The first kappa shape index (κ1) is 19.9. The van der Waals surface area contributed by atoms with E-state index in [2.05, 4.69) is 57.2 Å². The summed E-state index contributed by atoms with van der Waals surface area (Å²) in [6.07, 6.45) is 1.03. The Morgan fingerprint density at radius 3 is 2.48 bits per heavy atom. The van der Waals surface area contributed by atoms with Gasteiger partial charge in [-0.3, -0.25) is 4.99 Å². The van der Waals surface area contributed by atoms with Crippen molar-refractivity contribution in [2.45, 2.75) is 40.2 Å². The van der Waals surface area contributed by atoms with Crippen LogP contribution >= 0.6 is 11.5 Å². The molecule has 142 valence electrons. The molecule has 7 nitrogen and oxygen atoms in total.